The van der Waals surface area contributed by atoms with Crippen LogP contribution in [0.5, 0.6) is 5.75 Å². The maximum atomic E-state index is 11.7. The molecule has 0 aliphatic heterocycles. The van der Waals surface area contributed by atoms with Gasteiger partial charge in [-0.3, -0.25) is 10.1 Å². The maximum Gasteiger partial charge on any atom is 0.412 e. The largest absolute Gasteiger partial charge is 0.450 e. The van der Waals surface area contributed by atoms with E-state index in [1.165, 1.54) is 37.1 Å². The van der Waals surface area contributed by atoms with E-state index in [1.54, 1.807) is 0 Å². The van der Waals surface area contributed by atoms with Crippen LogP contribution in [0.4, 0.5) is 15.3 Å². The summed E-state index contributed by atoms with van der Waals surface area (Å²) in [6.07, 6.45) is 9.38. The van der Waals surface area contributed by atoms with Gasteiger partial charge in [0.15, 0.2) is 0 Å². The molecular formula is C22H35N3O6. The number of non-ortho nitro benzene ring substituents is 1. The summed E-state index contributed by atoms with van der Waals surface area (Å²) >= 11 is 0. The Bertz CT molecular complexity index is 651. The molecule has 0 bridgehead atoms. The molecule has 0 spiro atoms. The Balaban J connectivity index is 1.91. The Morgan fingerprint density at radius 3 is 1.97 bits per heavy atom. The lowest BCUT2D eigenvalue weighted by atomic mass is 10.1. The Morgan fingerprint density at radius 1 is 0.839 bits per heavy atom. The topological polar surface area (TPSA) is 120 Å². The molecule has 0 radical (unpaired) electrons. The van der Waals surface area contributed by atoms with Crippen molar-refractivity contribution in [2.24, 2.45) is 0 Å². The molecule has 9 heteroatoms. The number of ether oxygens (including phenoxy) is 2. The molecule has 0 aliphatic carbocycles. The van der Waals surface area contributed by atoms with E-state index in [9.17, 15) is 19.7 Å². The van der Waals surface area contributed by atoms with E-state index in [-0.39, 0.29) is 17.5 Å². The minimum absolute atomic E-state index is 0.0544. The van der Waals surface area contributed by atoms with Gasteiger partial charge in [-0.25, -0.2) is 9.59 Å². The van der Waals surface area contributed by atoms with Gasteiger partial charge in [0.25, 0.3) is 5.69 Å². The number of benzene rings is 1. The van der Waals surface area contributed by atoms with Gasteiger partial charge in [-0.05, 0) is 31.4 Å². The number of carbonyl (C=O) groups is 2. The molecule has 0 fully saturated rings. The van der Waals surface area contributed by atoms with Gasteiger partial charge < -0.3 is 20.1 Å². The number of alkyl carbamates (subject to hydrolysis) is 1. The minimum Gasteiger partial charge on any atom is -0.450 e. The van der Waals surface area contributed by atoms with Crippen LogP contribution in [0, 0.1) is 10.1 Å². The third kappa shape index (κ3) is 13.9. The lowest BCUT2D eigenvalue weighted by Gasteiger charge is -2.07. The summed E-state index contributed by atoms with van der Waals surface area (Å²) in [7, 11) is 0. The second-order valence-electron chi connectivity index (χ2n) is 7.31. The summed E-state index contributed by atoms with van der Waals surface area (Å²) in [5.41, 5.74) is -0.0544. The Morgan fingerprint density at radius 2 is 1.39 bits per heavy atom. The zero-order valence-corrected chi connectivity index (χ0v) is 18.4. The highest BCUT2D eigenvalue weighted by Crippen LogP contribution is 2.17. The van der Waals surface area contributed by atoms with Crippen molar-refractivity contribution in [1.82, 2.24) is 10.6 Å². The van der Waals surface area contributed by atoms with E-state index in [0.717, 1.165) is 51.4 Å². The Kier molecular flexibility index (Phi) is 14.3. The molecule has 1 aromatic rings. The number of unbranched alkanes of at least 4 members (excludes halogenated alkanes) is 8. The fourth-order valence-corrected chi connectivity index (χ4v) is 2.86. The van der Waals surface area contributed by atoms with E-state index in [1.807, 2.05) is 0 Å². The molecule has 0 aromatic heterocycles. The molecule has 0 aliphatic rings. The van der Waals surface area contributed by atoms with Gasteiger partial charge in [-0.15, -0.1) is 0 Å². The van der Waals surface area contributed by atoms with E-state index in [2.05, 4.69) is 17.6 Å². The summed E-state index contributed by atoms with van der Waals surface area (Å²) in [5, 5.41) is 16.0. The smallest absolute Gasteiger partial charge is 0.412 e. The minimum atomic E-state index is -0.572. The van der Waals surface area contributed by atoms with E-state index in [0.29, 0.717) is 19.7 Å². The fourth-order valence-electron chi connectivity index (χ4n) is 2.86. The van der Waals surface area contributed by atoms with Crippen LogP contribution >= 0.6 is 0 Å². The van der Waals surface area contributed by atoms with Crippen molar-refractivity contribution in [2.45, 2.75) is 71.1 Å². The second-order valence-corrected chi connectivity index (χ2v) is 7.31. The maximum absolute atomic E-state index is 11.7. The highest BCUT2D eigenvalue weighted by Gasteiger charge is 2.07. The van der Waals surface area contributed by atoms with Gasteiger partial charge >= 0.3 is 12.2 Å². The van der Waals surface area contributed by atoms with E-state index in [4.69, 9.17) is 9.47 Å². The van der Waals surface area contributed by atoms with Crippen LogP contribution < -0.4 is 15.4 Å². The van der Waals surface area contributed by atoms with Gasteiger partial charge in [0.1, 0.15) is 5.75 Å². The normalized spacial score (nSPS) is 10.4. The van der Waals surface area contributed by atoms with Crippen molar-refractivity contribution in [3.63, 3.8) is 0 Å². The summed E-state index contributed by atoms with van der Waals surface area (Å²) in [6, 6.07) is 5.35. The van der Waals surface area contributed by atoms with Gasteiger partial charge in [-0.2, -0.15) is 0 Å². The van der Waals surface area contributed by atoms with Gasteiger partial charge in [0, 0.05) is 25.2 Å². The number of amides is 2. The molecule has 174 valence electrons. The van der Waals surface area contributed by atoms with Crippen molar-refractivity contribution in [2.75, 3.05) is 19.7 Å². The molecule has 31 heavy (non-hydrogen) atoms. The van der Waals surface area contributed by atoms with Crippen molar-refractivity contribution in [3.05, 3.63) is 34.4 Å². The van der Waals surface area contributed by atoms with Crippen molar-refractivity contribution in [3.8, 4) is 5.75 Å². The standard InChI is InChI=1S/C22H35N3O6/c1-2-3-4-11-18-30-21(26)23-16-9-7-5-6-8-10-17-24-22(27)31-20-14-12-19(13-15-20)25(28)29/h12-15H,2-11,16-18H2,1H3,(H,23,26)(H,24,27). The number of rotatable bonds is 16. The van der Waals surface area contributed by atoms with E-state index >= 15 is 0 Å². The first kappa shape index (κ1) is 26.2. The van der Waals surface area contributed by atoms with Crippen LogP contribution in [0.15, 0.2) is 24.3 Å². The number of nitro groups is 1. The summed E-state index contributed by atoms with van der Waals surface area (Å²) in [6.45, 7) is 3.77. The third-order valence-electron chi connectivity index (χ3n) is 4.63. The molecular weight excluding hydrogens is 402 g/mol. The molecule has 0 heterocycles. The van der Waals surface area contributed by atoms with Crippen molar-refractivity contribution >= 4 is 17.9 Å². The molecule has 0 unspecified atom stereocenters. The molecule has 0 saturated heterocycles. The highest BCUT2D eigenvalue weighted by molar-refractivity contribution is 5.70. The summed E-state index contributed by atoms with van der Waals surface area (Å²) in [5.74, 6) is 0.261. The molecule has 1 aromatic carbocycles. The van der Waals surface area contributed by atoms with Crippen molar-refractivity contribution in [1.29, 1.82) is 0 Å². The van der Waals surface area contributed by atoms with Crippen LogP contribution in [-0.4, -0.2) is 36.8 Å². The second kappa shape index (κ2) is 16.9. The van der Waals surface area contributed by atoms with Crippen LogP contribution in [0.3, 0.4) is 0 Å². The van der Waals surface area contributed by atoms with Crippen LogP contribution in [0.1, 0.15) is 71.1 Å². The molecule has 2 N–H and O–H groups in total. The number of nitrogens with one attached hydrogen (secondary N) is 2. The monoisotopic (exact) mass is 437 g/mol. The number of nitro benzene ring substituents is 1. The SMILES string of the molecule is CCCCCCOC(=O)NCCCCCCCCNC(=O)Oc1ccc([N+](=O)[O-])cc1. The van der Waals surface area contributed by atoms with Crippen LogP contribution in [0.25, 0.3) is 0 Å². The van der Waals surface area contributed by atoms with Crippen molar-refractivity contribution < 1.29 is 24.0 Å². The predicted molar refractivity (Wildman–Crippen MR) is 118 cm³/mol. The predicted octanol–water partition coefficient (Wildman–Crippen LogP) is 5.33. The first-order valence-electron chi connectivity index (χ1n) is 11.1. The summed E-state index contributed by atoms with van der Waals surface area (Å²) in [4.78, 5) is 33.3. The van der Waals surface area contributed by atoms with Gasteiger partial charge in [0.2, 0.25) is 0 Å². The average Bonchev–Trinajstić information content (AvgIpc) is 2.75. The molecule has 9 nitrogen and oxygen atoms in total. The Hall–Kier alpha value is -2.84. The fraction of sp³-hybridized carbons (Fsp3) is 0.636. The third-order valence-corrected chi connectivity index (χ3v) is 4.63. The summed E-state index contributed by atoms with van der Waals surface area (Å²) < 4.78 is 10.2. The molecule has 1 rings (SSSR count). The molecule has 2 amide bonds. The highest BCUT2D eigenvalue weighted by atomic mass is 16.6. The van der Waals surface area contributed by atoms with E-state index < -0.39 is 11.0 Å². The number of hydrogen-bond acceptors (Lipinski definition) is 6. The first-order valence-corrected chi connectivity index (χ1v) is 11.1. The van der Waals surface area contributed by atoms with Gasteiger partial charge in [0.05, 0.1) is 11.5 Å². The zero-order valence-electron chi connectivity index (χ0n) is 18.4. The molecule has 0 atom stereocenters. The average molecular weight is 438 g/mol. The molecule has 0 saturated carbocycles. The number of nitrogens with zero attached hydrogens (tertiary/aromatic N) is 1. The number of hydrogen-bond donors (Lipinski definition) is 2. The lowest BCUT2D eigenvalue weighted by molar-refractivity contribution is -0.384. The first-order chi connectivity index (χ1) is 15.0. The quantitative estimate of drug-likeness (QED) is 0.205. The number of carbonyl (C=O) groups excluding carboxylic acids is 2. The Labute approximate surface area is 184 Å². The zero-order chi connectivity index (χ0) is 22.7. The van der Waals surface area contributed by atoms with Gasteiger partial charge in [-0.1, -0.05) is 51.9 Å². The lowest BCUT2D eigenvalue weighted by Crippen LogP contribution is -2.27. The van der Waals surface area contributed by atoms with Crippen LogP contribution in [0.2, 0.25) is 0 Å². The van der Waals surface area contributed by atoms with Crippen LogP contribution in [-0.2, 0) is 4.74 Å².